The number of thioether (sulfide) groups is 1. The summed E-state index contributed by atoms with van der Waals surface area (Å²) in [5, 5.41) is 0. The Balaban J connectivity index is 1.23. The SMILES string of the molecule is CC(C)(C)C1CCC(CCCCCCCCCSCCCCCCCCCC2CCC(C(C)(C)C)CC2)CC1. The van der Waals surface area contributed by atoms with E-state index in [4.69, 9.17) is 0 Å². The first-order valence-electron chi connectivity index (χ1n) is 18.2. The molecular formula is C38H74S. The van der Waals surface area contributed by atoms with E-state index < -0.39 is 0 Å². The third kappa shape index (κ3) is 17.2. The summed E-state index contributed by atoms with van der Waals surface area (Å²) in [4.78, 5) is 0. The van der Waals surface area contributed by atoms with Crippen molar-refractivity contribution in [2.45, 2.75) is 196 Å². The van der Waals surface area contributed by atoms with E-state index in [1.807, 2.05) is 0 Å². The fourth-order valence-corrected chi connectivity index (χ4v) is 8.80. The maximum Gasteiger partial charge on any atom is -0.00675 e. The van der Waals surface area contributed by atoms with Crippen molar-refractivity contribution in [3.8, 4) is 0 Å². The summed E-state index contributed by atoms with van der Waals surface area (Å²) in [6.45, 7) is 14.7. The van der Waals surface area contributed by atoms with Gasteiger partial charge in [-0.05, 0) is 84.5 Å². The van der Waals surface area contributed by atoms with Crippen LogP contribution in [0.1, 0.15) is 196 Å². The van der Waals surface area contributed by atoms with Crippen molar-refractivity contribution < 1.29 is 0 Å². The van der Waals surface area contributed by atoms with Crippen LogP contribution in [-0.2, 0) is 0 Å². The van der Waals surface area contributed by atoms with Gasteiger partial charge in [0, 0.05) is 0 Å². The van der Waals surface area contributed by atoms with Gasteiger partial charge in [-0.2, -0.15) is 11.8 Å². The average molecular weight is 563 g/mol. The Morgan fingerprint density at radius 1 is 0.385 bits per heavy atom. The molecule has 0 bridgehead atoms. The summed E-state index contributed by atoms with van der Waals surface area (Å²) >= 11 is 2.23. The van der Waals surface area contributed by atoms with Crippen molar-refractivity contribution in [1.82, 2.24) is 0 Å². The van der Waals surface area contributed by atoms with Crippen molar-refractivity contribution in [3.63, 3.8) is 0 Å². The van der Waals surface area contributed by atoms with Crippen molar-refractivity contribution in [3.05, 3.63) is 0 Å². The number of hydrogen-bond donors (Lipinski definition) is 0. The van der Waals surface area contributed by atoms with Crippen LogP contribution in [0.2, 0.25) is 0 Å². The summed E-state index contributed by atoms with van der Waals surface area (Å²) in [5.74, 6) is 6.89. The van der Waals surface area contributed by atoms with E-state index in [0.29, 0.717) is 10.8 Å². The Kier molecular flexibility index (Phi) is 18.5. The normalized spacial score (nSPS) is 24.8. The molecule has 0 unspecified atom stereocenters. The Morgan fingerprint density at radius 3 is 0.974 bits per heavy atom. The van der Waals surface area contributed by atoms with Gasteiger partial charge in [0.1, 0.15) is 0 Å². The highest BCUT2D eigenvalue weighted by molar-refractivity contribution is 7.99. The molecule has 232 valence electrons. The molecule has 2 fully saturated rings. The van der Waals surface area contributed by atoms with Crippen LogP contribution in [0.4, 0.5) is 0 Å². The van der Waals surface area contributed by atoms with E-state index in [1.54, 1.807) is 0 Å². The van der Waals surface area contributed by atoms with Gasteiger partial charge in [0.05, 0.1) is 0 Å². The molecule has 0 saturated heterocycles. The molecule has 0 nitrogen and oxygen atoms in total. The van der Waals surface area contributed by atoms with Crippen molar-refractivity contribution in [2.24, 2.45) is 34.5 Å². The van der Waals surface area contributed by atoms with Gasteiger partial charge in [-0.3, -0.25) is 0 Å². The van der Waals surface area contributed by atoms with Crippen molar-refractivity contribution in [1.29, 1.82) is 0 Å². The van der Waals surface area contributed by atoms with Crippen LogP contribution >= 0.6 is 11.8 Å². The lowest BCUT2D eigenvalue weighted by atomic mass is 9.69. The zero-order chi connectivity index (χ0) is 28.4. The number of hydrogen-bond acceptors (Lipinski definition) is 1. The third-order valence-electron chi connectivity index (χ3n) is 10.9. The molecule has 0 heterocycles. The van der Waals surface area contributed by atoms with E-state index in [2.05, 4.69) is 53.3 Å². The molecule has 0 aromatic heterocycles. The average Bonchev–Trinajstić information content (AvgIpc) is 2.89. The van der Waals surface area contributed by atoms with E-state index in [9.17, 15) is 0 Å². The molecule has 1 heteroatoms. The zero-order valence-corrected chi connectivity index (χ0v) is 28.9. The first-order chi connectivity index (χ1) is 18.7. The second-order valence-corrected chi connectivity index (χ2v) is 17.5. The largest absolute Gasteiger partial charge is 0.162 e. The lowest BCUT2D eigenvalue weighted by Crippen LogP contribution is -2.25. The minimum atomic E-state index is 0.536. The fraction of sp³-hybridized carbons (Fsp3) is 1.00. The lowest BCUT2D eigenvalue weighted by Gasteiger charge is -2.37. The highest BCUT2D eigenvalue weighted by atomic mass is 32.2. The molecular weight excluding hydrogens is 488 g/mol. The predicted molar refractivity (Wildman–Crippen MR) is 181 cm³/mol. The van der Waals surface area contributed by atoms with E-state index >= 15 is 0 Å². The quantitative estimate of drug-likeness (QED) is 0.133. The molecule has 2 aliphatic rings. The maximum atomic E-state index is 2.44. The zero-order valence-electron chi connectivity index (χ0n) is 28.1. The van der Waals surface area contributed by atoms with Crippen LogP contribution in [0.15, 0.2) is 0 Å². The molecule has 39 heavy (non-hydrogen) atoms. The number of rotatable bonds is 20. The molecule has 0 atom stereocenters. The first-order valence-corrected chi connectivity index (χ1v) is 19.4. The van der Waals surface area contributed by atoms with E-state index in [1.165, 1.54) is 166 Å². The maximum absolute atomic E-state index is 2.44. The standard InChI is InChI=1S/C38H74S/c1-37(2,3)35-27-23-33(24-28-35)21-17-13-9-7-11-15-19-31-39-32-20-16-12-8-10-14-18-22-34-25-29-36(30-26-34)38(4,5)6/h33-36H,7-32H2,1-6H3. The summed E-state index contributed by atoms with van der Waals surface area (Å²) in [6.07, 6.45) is 35.8. The van der Waals surface area contributed by atoms with Gasteiger partial charge in [-0.15, -0.1) is 0 Å². The molecule has 0 spiro atoms. The highest BCUT2D eigenvalue weighted by Gasteiger charge is 2.30. The molecule has 2 aliphatic carbocycles. The topological polar surface area (TPSA) is 0 Å². The minimum Gasteiger partial charge on any atom is -0.162 e. The van der Waals surface area contributed by atoms with Crippen molar-refractivity contribution in [2.75, 3.05) is 11.5 Å². The Hall–Kier alpha value is 0.350. The van der Waals surface area contributed by atoms with Crippen LogP contribution in [-0.4, -0.2) is 11.5 Å². The molecule has 0 N–H and O–H groups in total. The van der Waals surface area contributed by atoms with E-state index in [-0.39, 0.29) is 0 Å². The second-order valence-electron chi connectivity index (χ2n) is 16.3. The van der Waals surface area contributed by atoms with Gasteiger partial charge in [0.25, 0.3) is 0 Å². The minimum absolute atomic E-state index is 0.536. The lowest BCUT2D eigenvalue weighted by molar-refractivity contribution is 0.145. The molecule has 0 amide bonds. The summed E-state index contributed by atoms with van der Waals surface area (Å²) in [7, 11) is 0. The molecule has 0 radical (unpaired) electrons. The molecule has 0 aromatic rings. The van der Waals surface area contributed by atoms with Crippen LogP contribution in [0, 0.1) is 34.5 Å². The van der Waals surface area contributed by atoms with Gasteiger partial charge in [0.2, 0.25) is 0 Å². The van der Waals surface area contributed by atoms with Gasteiger partial charge < -0.3 is 0 Å². The molecule has 2 rings (SSSR count). The van der Waals surface area contributed by atoms with Crippen molar-refractivity contribution >= 4 is 11.8 Å². The Labute approximate surface area is 252 Å². The summed E-state index contributed by atoms with van der Waals surface area (Å²) in [6, 6.07) is 0. The Morgan fingerprint density at radius 2 is 0.667 bits per heavy atom. The smallest absolute Gasteiger partial charge is 0.00675 e. The predicted octanol–water partition coefficient (Wildman–Crippen LogP) is 13.7. The van der Waals surface area contributed by atoms with Crippen LogP contribution in [0.5, 0.6) is 0 Å². The second kappa shape index (κ2) is 20.3. The van der Waals surface area contributed by atoms with Gasteiger partial charge in [-0.1, -0.05) is 157 Å². The monoisotopic (exact) mass is 563 g/mol. The highest BCUT2D eigenvalue weighted by Crippen LogP contribution is 2.42. The van der Waals surface area contributed by atoms with Gasteiger partial charge in [0.15, 0.2) is 0 Å². The fourth-order valence-electron chi connectivity index (χ4n) is 7.78. The van der Waals surface area contributed by atoms with Gasteiger partial charge in [-0.25, -0.2) is 0 Å². The molecule has 0 aromatic carbocycles. The van der Waals surface area contributed by atoms with Crippen LogP contribution in [0.25, 0.3) is 0 Å². The van der Waals surface area contributed by atoms with Crippen LogP contribution in [0.3, 0.4) is 0 Å². The summed E-state index contributed by atoms with van der Waals surface area (Å²) in [5.41, 5.74) is 1.07. The molecule has 2 saturated carbocycles. The Bertz CT molecular complexity index is 500. The number of unbranched alkanes of at least 4 members (excludes halogenated alkanes) is 12. The molecule has 0 aliphatic heterocycles. The van der Waals surface area contributed by atoms with E-state index in [0.717, 1.165) is 23.7 Å². The van der Waals surface area contributed by atoms with Gasteiger partial charge >= 0.3 is 0 Å². The first kappa shape index (κ1) is 35.5. The third-order valence-corrected chi connectivity index (χ3v) is 12.1. The summed E-state index contributed by atoms with van der Waals surface area (Å²) < 4.78 is 0. The van der Waals surface area contributed by atoms with Crippen LogP contribution < -0.4 is 0 Å².